The fourth-order valence-electron chi connectivity index (χ4n) is 5.72. The number of carboxylic acid groups (broad SMARTS) is 1. The molecule has 1 saturated heterocycles. The molecule has 2 aromatic heterocycles. The number of nitrogens with zero attached hydrogens (tertiary/aromatic N) is 5. The Morgan fingerprint density at radius 3 is 2.63 bits per heavy atom. The predicted molar refractivity (Wildman–Crippen MR) is 127 cm³/mol. The number of amides is 1. The van der Waals surface area contributed by atoms with Crippen molar-refractivity contribution in [1.29, 1.82) is 0 Å². The maximum absolute atomic E-state index is 13.2. The van der Waals surface area contributed by atoms with Crippen LogP contribution >= 0.6 is 0 Å². The van der Waals surface area contributed by atoms with E-state index >= 15 is 0 Å². The highest BCUT2D eigenvalue weighted by Crippen LogP contribution is 2.45. The number of carbonyl (C=O) groups excluding carboxylic acids is 1. The van der Waals surface area contributed by atoms with Crippen molar-refractivity contribution < 1.29 is 14.7 Å². The van der Waals surface area contributed by atoms with Crippen LogP contribution in [-0.2, 0) is 34.4 Å². The summed E-state index contributed by atoms with van der Waals surface area (Å²) in [5.41, 5.74) is 2.59. The van der Waals surface area contributed by atoms with Gasteiger partial charge in [0.05, 0.1) is 18.2 Å². The van der Waals surface area contributed by atoms with Crippen LogP contribution in [0.25, 0.3) is 11.4 Å². The third-order valence-corrected chi connectivity index (χ3v) is 7.61. The van der Waals surface area contributed by atoms with Crippen molar-refractivity contribution in [3.8, 4) is 11.4 Å². The Hall–Kier alpha value is -3.82. The number of likely N-dealkylation sites (tertiary alicyclic amines) is 1. The fraction of sp³-hybridized carbons (Fsp3) is 0.440. The van der Waals surface area contributed by atoms with Gasteiger partial charge in [0.25, 0.3) is 12.0 Å². The van der Waals surface area contributed by atoms with Gasteiger partial charge in [0, 0.05) is 36.1 Å². The summed E-state index contributed by atoms with van der Waals surface area (Å²) in [4.78, 5) is 48.6. The molecule has 6 rings (SSSR count). The van der Waals surface area contributed by atoms with Crippen molar-refractivity contribution in [2.45, 2.75) is 50.5 Å². The van der Waals surface area contributed by atoms with Gasteiger partial charge in [-0.3, -0.25) is 14.4 Å². The van der Waals surface area contributed by atoms with E-state index in [0.717, 1.165) is 61.2 Å². The van der Waals surface area contributed by atoms with E-state index in [4.69, 9.17) is 14.9 Å². The monoisotopic (exact) mass is 476 g/mol. The Kier molecular flexibility index (Phi) is 6.19. The Morgan fingerprint density at radius 1 is 1.14 bits per heavy atom. The second-order valence-electron chi connectivity index (χ2n) is 9.41. The van der Waals surface area contributed by atoms with Crippen molar-refractivity contribution in [2.75, 3.05) is 13.1 Å². The number of carbonyl (C=O) groups is 2. The molecule has 2 N–H and O–H groups in total. The zero-order chi connectivity index (χ0) is 24.4. The number of aromatic nitrogens is 5. The van der Waals surface area contributed by atoms with E-state index < -0.39 is 0 Å². The minimum atomic E-state index is -0.250. The van der Waals surface area contributed by atoms with Gasteiger partial charge in [0.2, 0.25) is 5.91 Å². The molecule has 0 saturated carbocycles. The van der Waals surface area contributed by atoms with Crippen LogP contribution in [0.15, 0.2) is 41.5 Å². The third-order valence-electron chi connectivity index (χ3n) is 7.61. The van der Waals surface area contributed by atoms with Crippen molar-refractivity contribution in [1.82, 2.24) is 29.6 Å². The van der Waals surface area contributed by atoms with E-state index in [1.54, 1.807) is 6.33 Å². The molecule has 1 amide bonds. The van der Waals surface area contributed by atoms with E-state index in [2.05, 4.69) is 15.1 Å². The maximum Gasteiger partial charge on any atom is 0.290 e. The van der Waals surface area contributed by atoms with E-state index in [1.165, 1.54) is 0 Å². The normalized spacial score (nSPS) is 19.9. The first kappa shape index (κ1) is 22.9. The van der Waals surface area contributed by atoms with Crippen LogP contribution in [0.2, 0.25) is 0 Å². The first-order valence-electron chi connectivity index (χ1n) is 12.0. The molecule has 1 fully saturated rings. The number of hydrogen-bond acceptors (Lipinski definition) is 6. The highest BCUT2D eigenvalue weighted by Gasteiger charge is 2.45. The van der Waals surface area contributed by atoms with Gasteiger partial charge in [-0.15, -0.1) is 0 Å². The maximum atomic E-state index is 13.2. The highest BCUT2D eigenvalue weighted by atomic mass is 16.3. The number of H-pyrrole nitrogens is 1. The topological polar surface area (TPSA) is 134 Å². The zero-order valence-corrected chi connectivity index (χ0v) is 19.4. The first-order valence-corrected chi connectivity index (χ1v) is 12.0. The molecule has 2 aliphatic heterocycles. The van der Waals surface area contributed by atoms with Crippen molar-refractivity contribution >= 4 is 12.4 Å². The summed E-state index contributed by atoms with van der Waals surface area (Å²) < 4.78 is 1.87. The summed E-state index contributed by atoms with van der Waals surface area (Å²) >= 11 is 0. The summed E-state index contributed by atoms with van der Waals surface area (Å²) in [5.74, 6) is 1.81. The minimum Gasteiger partial charge on any atom is -0.483 e. The van der Waals surface area contributed by atoms with Crippen LogP contribution in [0.1, 0.15) is 42.8 Å². The van der Waals surface area contributed by atoms with E-state index in [9.17, 15) is 9.59 Å². The average Bonchev–Trinajstić information content (AvgIpc) is 3.50. The van der Waals surface area contributed by atoms with Crippen molar-refractivity contribution in [3.63, 3.8) is 0 Å². The van der Waals surface area contributed by atoms with Crippen LogP contribution in [0.5, 0.6) is 0 Å². The minimum absolute atomic E-state index is 0.0184. The lowest BCUT2D eigenvalue weighted by Gasteiger charge is -2.41. The third kappa shape index (κ3) is 4.24. The van der Waals surface area contributed by atoms with Gasteiger partial charge in [0.1, 0.15) is 18.0 Å². The molecule has 10 nitrogen and oxygen atoms in total. The molecule has 3 aromatic rings. The number of rotatable bonds is 2. The van der Waals surface area contributed by atoms with Gasteiger partial charge >= 0.3 is 0 Å². The Bertz CT molecular complexity index is 1280. The summed E-state index contributed by atoms with van der Waals surface area (Å²) in [6.07, 6.45) is 6.62. The van der Waals surface area contributed by atoms with E-state index in [0.29, 0.717) is 25.5 Å². The molecule has 0 bridgehead atoms. The molecule has 10 heteroatoms. The second-order valence-corrected chi connectivity index (χ2v) is 9.41. The summed E-state index contributed by atoms with van der Waals surface area (Å²) in [6, 6.07) is 9.81. The van der Waals surface area contributed by atoms with Crippen LogP contribution in [0.3, 0.4) is 0 Å². The smallest absolute Gasteiger partial charge is 0.290 e. The summed E-state index contributed by atoms with van der Waals surface area (Å²) in [5, 5.41) is 11.1. The SMILES string of the molecule is O=C(C1CCc2ncnn2C1)N1CCC2(CCc3c2nc(-c2ccccc2)[nH]c3=O)CC1.O=CO. The first-order chi connectivity index (χ1) is 17.0. The number of aryl methyl sites for hydroxylation is 1. The molecule has 3 aliphatic rings. The second kappa shape index (κ2) is 9.44. The molecule has 1 aromatic carbocycles. The molecule has 0 radical (unpaired) electrons. The Morgan fingerprint density at radius 2 is 1.89 bits per heavy atom. The molecular weight excluding hydrogens is 448 g/mol. The van der Waals surface area contributed by atoms with Crippen LogP contribution < -0.4 is 5.56 Å². The molecule has 35 heavy (non-hydrogen) atoms. The molecule has 1 unspecified atom stereocenters. The van der Waals surface area contributed by atoms with E-state index in [1.807, 2.05) is 39.9 Å². The van der Waals surface area contributed by atoms with Crippen molar-refractivity contribution in [3.05, 3.63) is 64.1 Å². The highest BCUT2D eigenvalue weighted by molar-refractivity contribution is 5.79. The summed E-state index contributed by atoms with van der Waals surface area (Å²) in [6.45, 7) is 1.80. The molecule has 182 valence electrons. The molecule has 1 aliphatic carbocycles. The van der Waals surface area contributed by atoms with Gasteiger partial charge in [-0.05, 0) is 32.1 Å². The lowest BCUT2D eigenvalue weighted by atomic mass is 9.76. The molecule has 1 atom stereocenters. The van der Waals surface area contributed by atoms with Crippen LogP contribution in [0, 0.1) is 5.92 Å². The molecule has 1 spiro atoms. The largest absolute Gasteiger partial charge is 0.483 e. The van der Waals surface area contributed by atoms with Crippen LogP contribution in [-0.4, -0.2) is 60.2 Å². The van der Waals surface area contributed by atoms with Crippen LogP contribution in [0.4, 0.5) is 0 Å². The predicted octanol–water partition coefficient (Wildman–Crippen LogP) is 1.80. The number of fused-ring (bicyclic) bond motifs is 3. The molecular formula is C25H28N6O4. The number of hydrogen-bond donors (Lipinski definition) is 2. The quantitative estimate of drug-likeness (QED) is 0.539. The summed E-state index contributed by atoms with van der Waals surface area (Å²) in [7, 11) is 0. The van der Waals surface area contributed by atoms with Crippen molar-refractivity contribution in [2.24, 2.45) is 5.92 Å². The number of aromatic amines is 1. The van der Waals surface area contributed by atoms with Gasteiger partial charge in [-0.1, -0.05) is 30.3 Å². The van der Waals surface area contributed by atoms with Gasteiger partial charge in [0.15, 0.2) is 0 Å². The number of benzene rings is 1. The van der Waals surface area contributed by atoms with Gasteiger partial charge in [-0.25, -0.2) is 14.6 Å². The van der Waals surface area contributed by atoms with Gasteiger partial charge < -0.3 is 15.0 Å². The number of nitrogens with one attached hydrogen (secondary N) is 1. The lowest BCUT2D eigenvalue weighted by molar-refractivity contribution is -0.138. The lowest BCUT2D eigenvalue weighted by Crippen LogP contribution is -2.48. The molecule has 4 heterocycles. The van der Waals surface area contributed by atoms with Gasteiger partial charge in [-0.2, -0.15) is 5.10 Å². The Balaban J connectivity index is 0.000000806. The average molecular weight is 477 g/mol. The van der Waals surface area contributed by atoms with E-state index in [-0.39, 0.29) is 29.3 Å². The standard InChI is InChI=1S/C24H26N6O2.CH2O2/c31-22-18-8-9-24(20(18)27-21(28-22)16-4-2-1-3-5-16)10-12-29(13-11-24)23(32)17-6-7-19-25-15-26-30(19)14-17;2-1-3/h1-5,15,17H,6-14H2,(H,27,28,31);1H,(H,2,3). The number of piperidine rings is 1. The fourth-order valence-corrected chi connectivity index (χ4v) is 5.72. The zero-order valence-electron chi connectivity index (χ0n) is 19.4. The Labute approximate surface area is 202 Å².